The van der Waals surface area contributed by atoms with Gasteiger partial charge in [-0.3, -0.25) is 0 Å². The second kappa shape index (κ2) is 2.93. The topological polar surface area (TPSA) is 38.9 Å². The van der Waals surface area contributed by atoms with Gasteiger partial charge in [0.25, 0.3) is 3.90 Å². The van der Waals surface area contributed by atoms with Crippen molar-refractivity contribution in [2.75, 3.05) is 0 Å². The average Bonchev–Trinajstić information content (AvgIpc) is 2.77. The highest BCUT2D eigenvalue weighted by Crippen LogP contribution is 2.52. The van der Waals surface area contributed by atoms with E-state index in [1.807, 2.05) is 0 Å². The van der Waals surface area contributed by atoms with Crippen molar-refractivity contribution in [2.45, 2.75) is 31.6 Å². The summed E-state index contributed by atoms with van der Waals surface area (Å²) in [6.07, 6.45) is 5.47. The zero-order valence-corrected chi connectivity index (χ0v) is 9.40. The van der Waals surface area contributed by atoms with Gasteiger partial charge in [0.2, 0.25) is 5.89 Å². The lowest BCUT2D eigenvalue weighted by atomic mass is 9.89. The summed E-state index contributed by atoms with van der Waals surface area (Å²) in [5.74, 6) is 3.24. The first-order valence-corrected chi connectivity index (χ1v) is 5.89. The van der Waals surface area contributed by atoms with Crippen LogP contribution in [0.3, 0.4) is 0 Å². The Morgan fingerprint density at radius 1 is 1.23 bits per heavy atom. The Morgan fingerprint density at radius 3 is 2.69 bits per heavy atom. The van der Waals surface area contributed by atoms with Crippen LogP contribution >= 0.6 is 22.6 Å². The Hall–Kier alpha value is -0.130. The monoisotopic (exact) mass is 290 g/mol. The van der Waals surface area contributed by atoms with E-state index in [2.05, 4.69) is 32.8 Å². The van der Waals surface area contributed by atoms with Crippen LogP contribution in [0.25, 0.3) is 0 Å². The van der Waals surface area contributed by atoms with E-state index in [0.717, 1.165) is 17.7 Å². The van der Waals surface area contributed by atoms with Crippen molar-refractivity contribution in [1.82, 2.24) is 10.2 Å². The number of rotatable bonds is 1. The third-order valence-electron chi connectivity index (χ3n) is 3.47. The molecular formula is C9H11IN2O. The van der Waals surface area contributed by atoms with Crippen molar-refractivity contribution < 1.29 is 4.42 Å². The van der Waals surface area contributed by atoms with Gasteiger partial charge in [-0.25, -0.2) is 0 Å². The van der Waals surface area contributed by atoms with E-state index < -0.39 is 0 Å². The molecule has 1 aromatic rings. The second-order valence-electron chi connectivity index (χ2n) is 4.17. The van der Waals surface area contributed by atoms with Crippen molar-refractivity contribution in [3.63, 3.8) is 0 Å². The third kappa shape index (κ3) is 1.30. The molecule has 2 fully saturated rings. The Morgan fingerprint density at radius 2 is 2.15 bits per heavy atom. The first kappa shape index (κ1) is 8.20. The van der Waals surface area contributed by atoms with Crippen LogP contribution in [0.15, 0.2) is 4.42 Å². The van der Waals surface area contributed by atoms with Crippen molar-refractivity contribution in [3.05, 3.63) is 9.79 Å². The van der Waals surface area contributed by atoms with Crippen LogP contribution < -0.4 is 0 Å². The number of hydrogen-bond donors (Lipinski definition) is 0. The Kier molecular flexibility index (Phi) is 1.85. The molecule has 1 aromatic heterocycles. The van der Waals surface area contributed by atoms with Crippen LogP contribution in [-0.2, 0) is 0 Å². The molecule has 2 aliphatic rings. The molecule has 70 valence electrons. The van der Waals surface area contributed by atoms with Gasteiger partial charge >= 0.3 is 0 Å². The van der Waals surface area contributed by atoms with Gasteiger partial charge in [-0.2, -0.15) is 0 Å². The summed E-state index contributed by atoms with van der Waals surface area (Å²) in [7, 11) is 0. The Labute approximate surface area is 90.4 Å². The van der Waals surface area contributed by atoms with E-state index in [-0.39, 0.29) is 0 Å². The standard InChI is InChI=1S/C9H11IN2O/c10-9-12-11-8(13-9)7-4-5-1-2-6(7)3-5/h5-7H,1-4H2. The number of halogens is 1. The van der Waals surface area contributed by atoms with E-state index in [1.54, 1.807) is 0 Å². The van der Waals surface area contributed by atoms with Crippen LogP contribution in [0.5, 0.6) is 0 Å². The number of hydrogen-bond acceptors (Lipinski definition) is 3. The molecule has 1 heterocycles. The van der Waals surface area contributed by atoms with Crippen molar-refractivity contribution in [3.8, 4) is 0 Å². The summed E-state index contributed by atoms with van der Waals surface area (Å²) < 4.78 is 6.16. The summed E-state index contributed by atoms with van der Waals surface area (Å²) in [6, 6.07) is 0. The van der Waals surface area contributed by atoms with Crippen LogP contribution in [0, 0.1) is 15.7 Å². The predicted molar refractivity (Wildman–Crippen MR) is 55.2 cm³/mol. The summed E-state index contributed by atoms with van der Waals surface area (Å²) >= 11 is 2.08. The SMILES string of the molecule is Ic1nnc(C2CC3CCC2C3)o1. The van der Waals surface area contributed by atoms with E-state index in [9.17, 15) is 0 Å². The minimum atomic E-state index is 0.578. The molecule has 0 N–H and O–H groups in total. The van der Waals surface area contributed by atoms with Crippen LogP contribution in [0.2, 0.25) is 0 Å². The maximum Gasteiger partial charge on any atom is 0.278 e. The highest BCUT2D eigenvalue weighted by molar-refractivity contribution is 14.1. The lowest BCUT2D eigenvalue weighted by molar-refractivity contribution is 0.339. The van der Waals surface area contributed by atoms with Gasteiger partial charge in [-0.1, -0.05) is 6.42 Å². The van der Waals surface area contributed by atoms with Crippen molar-refractivity contribution >= 4 is 22.6 Å². The highest BCUT2D eigenvalue weighted by atomic mass is 127. The molecule has 2 bridgehead atoms. The molecule has 0 amide bonds. The quantitative estimate of drug-likeness (QED) is 0.746. The lowest BCUT2D eigenvalue weighted by Crippen LogP contribution is -2.08. The molecular weight excluding hydrogens is 279 g/mol. The van der Waals surface area contributed by atoms with Gasteiger partial charge < -0.3 is 4.42 Å². The summed E-state index contributed by atoms with van der Waals surface area (Å²) in [4.78, 5) is 0. The van der Waals surface area contributed by atoms with E-state index >= 15 is 0 Å². The third-order valence-corrected chi connectivity index (χ3v) is 3.91. The fourth-order valence-corrected chi connectivity index (χ4v) is 3.25. The zero-order valence-electron chi connectivity index (χ0n) is 7.24. The van der Waals surface area contributed by atoms with Crippen molar-refractivity contribution in [1.29, 1.82) is 0 Å². The lowest BCUT2D eigenvalue weighted by Gasteiger charge is -2.17. The van der Waals surface area contributed by atoms with Gasteiger partial charge in [0, 0.05) is 28.5 Å². The minimum absolute atomic E-state index is 0.578. The molecule has 3 unspecified atom stereocenters. The summed E-state index contributed by atoms with van der Waals surface area (Å²) in [6.45, 7) is 0. The highest BCUT2D eigenvalue weighted by Gasteiger charge is 2.42. The van der Waals surface area contributed by atoms with Crippen molar-refractivity contribution in [2.24, 2.45) is 11.8 Å². The minimum Gasteiger partial charge on any atom is -0.416 e. The van der Waals surface area contributed by atoms with E-state index in [0.29, 0.717) is 9.82 Å². The second-order valence-corrected chi connectivity index (χ2v) is 5.10. The van der Waals surface area contributed by atoms with Crippen LogP contribution in [-0.4, -0.2) is 10.2 Å². The van der Waals surface area contributed by atoms with E-state index in [1.165, 1.54) is 25.7 Å². The molecule has 4 heteroatoms. The molecule has 0 radical (unpaired) electrons. The molecule has 3 rings (SSSR count). The van der Waals surface area contributed by atoms with Gasteiger partial charge in [0.15, 0.2) is 0 Å². The molecule has 3 atom stereocenters. The molecule has 0 saturated heterocycles. The first-order valence-electron chi connectivity index (χ1n) is 4.82. The summed E-state index contributed by atoms with van der Waals surface area (Å²) in [5.41, 5.74) is 0. The molecule has 0 aromatic carbocycles. The largest absolute Gasteiger partial charge is 0.416 e. The van der Waals surface area contributed by atoms with Gasteiger partial charge in [0.05, 0.1) is 0 Å². The molecule has 2 saturated carbocycles. The molecule has 0 spiro atoms. The Balaban J connectivity index is 1.87. The van der Waals surface area contributed by atoms with Gasteiger partial charge in [-0.05, 0) is 31.1 Å². The predicted octanol–water partition coefficient (Wildman–Crippen LogP) is 2.58. The molecule has 3 nitrogen and oxygen atoms in total. The normalized spacial score (nSPS) is 37.2. The molecule has 13 heavy (non-hydrogen) atoms. The maximum absolute atomic E-state index is 5.48. The van der Waals surface area contributed by atoms with E-state index in [4.69, 9.17) is 4.42 Å². The average molecular weight is 290 g/mol. The summed E-state index contributed by atoms with van der Waals surface area (Å²) in [5, 5.41) is 8.01. The number of nitrogens with zero attached hydrogens (tertiary/aromatic N) is 2. The zero-order chi connectivity index (χ0) is 8.84. The van der Waals surface area contributed by atoms with Gasteiger partial charge in [0.1, 0.15) is 0 Å². The van der Waals surface area contributed by atoms with Crippen LogP contribution in [0.4, 0.5) is 0 Å². The fraction of sp³-hybridized carbons (Fsp3) is 0.778. The Bertz CT molecular complexity index is 325. The number of aromatic nitrogens is 2. The molecule has 0 aliphatic heterocycles. The fourth-order valence-electron chi connectivity index (χ4n) is 2.91. The smallest absolute Gasteiger partial charge is 0.278 e. The molecule has 2 aliphatic carbocycles. The van der Waals surface area contributed by atoms with Gasteiger partial charge in [-0.15, -0.1) is 10.2 Å². The van der Waals surface area contributed by atoms with Crippen LogP contribution in [0.1, 0.15) is 37.5 Å². The maximum atomic E-state index is 5.48. The number of fused-ring (bicyclic) bond motifs is 2. The first-order chi connectivity index (χ1) is 6.33.